The van der Waals surface area contributed by atoms with Crippen LogP contribution in [0.4, 0.5) is 0 Å². The van der Waals surface area contributed by atoms with E-state index in [9.17, 15) is 0 Å². The average molecular weight is 671 g/mol. The highest BCUT2D eigenvalue weighted by molar-refractivity contribution is 7.43. The van der Waals surface area contributed by atoms with Crippen LogP contribution in [0.2, 0.25) is 0 Å². The summed E-state index contributed by atoms with van der Waals surface area (Å²) >= 11 is 0. The highest BCUT2D eigenvalue weighted by atomic mass is 31.2. The molecule has 0 bridgehead atoms. The molecule has 0 aliphatic heterocycles. The van der Waals surface area contributed by atoms with Gasteiger partial charge in [-0.15, -0.1) is 59.2 Å². The Balaban J connectivity index is 2.28. The Hall–Kier alpha value is -4.85. The maximum absolute atomic E-state index is 6.84. The van der Waals surface area contributed by atoms with E-state index in [2.05, 4.69) is 77.4 Å². The molecule has 4 heteroatoms. The first-order valence-electron chi connectivity index (χ1n) is 16.7. The van der Waals surface area contributed by atoms with Crippen molar-refractivity contribution in [1.29, 1.82) is 0 Å². The second kappa shape index (κ2) is 20.5. The van der Waals surface area contributed by atoms with E-state index in [0.717, 1.165) is 52.6 Å². The molecule has 0 unspecified atom stereocenters. The maximum Gasteiger partial charge on any atom is 0.530 e. The van der Waals surface area contributed by atoms with Crippen molar-refractivity contribution in [2.45, 2.75) is 57.8 Å². The first-order chi connectivity index (χ1) is 23.9. The van der Waals surface area contributed by atoms with Crippen molar-refractivity contribution in [3.05, 3.63) is 200 Å². The first kappa shape index (κ1) is 38.6. The minimum absolute atomic E-state index is 0.607. The molecular weight excluding hydrogens is 619 g/mol. The van der Waals surface area contributed by atoms with Crippen LogP contribution in [0, 0.1) is 0 Å². The van der Waals surface area contributed by atoms with Gasteiger partial charge < -0.3 is 13.6 Å². The Morgan fingerprint density at radius 2 is 0.551 bits per heavy atom. The molecule has 0 aliphatic carbocycles. The van der Waals surface area contributed by atoms with Gasteiger partial charge in [-0.3, -0.25) is 0 Å². The van der Waals surface area contributed by atoms with Crippen LogP contribution >= 0.6 is 8.60 Å². The quantitative estimate of drug-likeness (QED) is 0.0701. The van der Waals surface area contributed by atoms with E-state index in [1.807, 2.05) is 72.9 Å². The van der Waals surface area contributed by atoms with Gasteiger partial charge in [0.25, 0.3) is 0 Å². The third-order valence-electron chi connectivity index (χ3n) is 8.16. The fourth-order valence-electron chi connectivity index (χ4n) is 6.05. The van der Waals surface area contributed by atoms with E-state index >= 15 is 0 Å². The maximum atomic E-state index is 6.84. The zero-order valence-electron chi connectivity index (χ0n) is 29.1. The van der Waals surface area contributed by atoms with E-state index in [1.54, 1.807) is 0 Å². The summed E-state index contributed by atoms with van der Waals surface area (Å²) in [6, 6.07) is 12.2. The van der Waals surface area contributed by atoms with Crippen LogP contribution in [0.1, 0.15) is 50.1 Å². The minimum Gasteiger partial charge on any atom is -0.408 e. The molecule has 0 aliphatic rings. The summed E-state index contributed by atoms with van der Waals surface area (Å²) < 4.78 is 20.5. The monoisotopic (exact) mass is 670 g/mol. The van der Waals surface area contributed by atoms with Crippen molar-refractivity contribution in [2.24, 2.45) is 0 Å². The number of benzene rings is 3. The largest absolute Gasteiger partial charge is 0.530 e. The van der Waals surface area contributed by atoms with Gasteiger partial charge in [0.05, 0.1) is 0 Å². The molecule has 0 N–H and O–H groups in total. The third kappa shape index (κ3) is 10.1. The Morgan fingerprint density at radius 3 is 0.776 bits per heavy atom. The van der Waals surface area contributed by atoms with Crippen molar-refractivity contribution < 1.29 is 13.6 Å². The standard InChI is InChI=1S/C45H51O3P/c1-10-19-34-28-31-43(40(25-16-7)37(34)22-13-4)46-49(47-44-32-29-35(20-11-2)38(23-14-5)41(44)26-17-8)48-45-33-30-36(21-12-3)39(24-15-6)42(45)27-18-9/h10-18,28-33H,1-9,19-27H2. The molecule has 0 amide bonds. The van der Waals surface area contributed by atoms with Crippen LogP contribution < -0.4 is 13.6 Å². The highest BCUT2D eigenvalue weighted by Crippen LogP contribution is 2.47. The third-order valence-corrected chi connectivity index (χ3v) is 9.20. The van der Waals surface area contributed by atoms with Crippen molar-refractivity contribution in [3.8, 4) is 17.2 Å². The van der Waals surface area contributed by atoms with Gasteiger partial charge in [0, 0.05) is 16.7 Å². The van der Waals surface area contributed by atoms with E-state index in [-0.39, 0.29) is 0 Å². The molecule has 0 saturated carbocycles. The fourth-order valence-corrected chi connectivity index (χ4v) is 7.16. The highest BCUT2D eigenvalue weighted by Gasteiger charge is 2.27. The molecule has 3 rings (SSSR count). The predicted molar refractivity (Wildman–Crippen MR) is 213 cm³/mol. The summed E-state index contributed by atoms with van der Waals surface area (Å²) in [7, 11) is -2.03. The number of rotatable bonds is 24. The number of hydrogen-bond acceptors (Lipinski definition) is 3. The molecule has 0 fully saturated rings. The van der Waals surface area contributed by atoms with Gasteiger partial charge in [0.1, 0.15) is 17.2 Å². The van der Waals surface area contributed by atoms with Gasteiger partial charge in [0.2, 0.25) is 0 Å². The fraction of sp³-hybridized carbons (Fsp3) is 0.200. The average Bonchev–Trinajstić information content (AvgIpc) is 3.09. The van der Waals surface area contributed by atoms with Crippen LogP contribution in [0.5, 0.6) is 17.2 Å². The minimum atomic E-state index is -2.03. The molecule has 3 aromatic rings. The van der Waals surface area contributed by atoms with Crippen LogP contribution in [0.15, 0.2) is 150 Å². The van der Waals surface area contributed by atoms with Gasteiger partial charge >= 0.3 is 8.60 Å². The molecule has 0 spiro atoms. The normalized spacial score (nSPS) is 10.5. The van der Waals surface area contributed by atoms with E-state index in [1.165, 1.54) is 16.7 Å². The van der Waals surface area contributed by atoms with Crippen LogP contribution in [-0.4, -0.2) is 0 Å². The topological polar surface area (TPSA) is 27.7 Å². The summed E-state index contributed by atoms with van der Waals surface area (Å²) in [6.45, 7) is 36.1. The van der Waals surface area contributed by atoms with E-state index in [4.69, 9.17) is 13.6 Å². The summed E-state index contributed by atoms with van der Waals surface area (Å²) in [5, 5.41) is 0. The van der Waals surface area contributed by atoms with Crippen molar-refractivity contribution in [1.82, 2.24) is 0 Å². The second-order valence-electron chi connectivity index (χ2n) is 11.5. The van der Waals surface area contributed by atoms with E-state index < -0.39 is 8.60 Å². The summed E-state index contributed by atoms with van der Waals surface area (Å²) in [4.78, 5) is 0. The molecule has 49 heavy (non-hydrogen) atoms. The number of hydrogen-bond donors (Lipinski definition) is 0. The molecule has 0 radical (unpaired) electrons. The van der Waals surface area contributed by atoms with E-state index in [0.29, 0.717) is 55.8 Å². The van der Waals surface area contributed by atoms with Crippen molar-refractivity contribution in [2.75, 3.05) is 0 Å². The van der Waals surface area contributed by atoms with Crippen molar-refractivity contribution in [3.63, 3.8) is 0 Å². The van der Waals surface area contributed by atoms with Gasteiger partial charge in [-0.1, -0.05) is 72.9 Å². The predicted octanol–water partition coefficient (Wildman–Crippen LogP) is 12.0. The Labute approximate surface area is 296 Å². The van der Waals surface area contributed by atoms with Crippen LogP contribution in [0.25, 0.3) is 0 Å². The lowest BCUT2D eigenvalue weighted by Gasteiger charge is -2.25. The molecule has 0 aromatic heterocycles. The van der Waals surface area contributed by atoms with Gasteiger partial charge in [-0.2, -0.15) is 0 Å². The molecule has 0 atom stereocenters. The Morgan fingerprint density at radius 1 is 0.327 bits per heavy atom. The zero-order chi connectivity index (χ0) is 35.6. The van der Waals surface area contributed by atoms with Crippen LogP contribution in [-0.2, 0) is 57.8 Å². The van der Waals surface area contributed by atoms with Gasteiger partial charge in [-0.05, 0) is 109 Å². The molecule has 0 saturated heterocycles. The summed E-state index contributed by atoms with van der Waals surface area (Å²) in [5.74, 6) is 2.03. The van der Waals surface area contributed by atoms with Crippen molar-refractivity contribution >= 4 is 8.60 Å². The molecule has 3 aromatic carbocycles. The molecule has 0 heterocycles. The van der Waals surface area contributed by atoms with Gasteiger partial charge in [0.15, 0.2) is 0 Å². The van der Waals surface area contributed by atoms with Gasteiger partial charge in [-0.25, -0.2) is 0 Å². The summed E-state index contributed by atoms with van der Waals surface area (Å²) in [6.07, 6.45) is 23.2. The second-order valence-corrected chi connectivity index (χ2v) is 12.5. The molecule has 3 nitrogen and oxygen atoms in total. The first-order valence-corrected chi connectivity index (χ1v) is 17.8. The van der Waals surface area contributed by atoms with Crippen LogP contribution in [0.3, 0.4) is 0 Å². The molecular formula is C45H51O3P. The zero-order valence-corrected chi connectivity index (χ0v) is 30.0. The number of allylic oxidation sites excluding steroid dienone is 9. The molecule has 254 valence electrons. The Kier molecular flexibility index (Phi) is 16.1. The lowest BCUT2D eigenvalue weighted by atomic mass is 9.93. The lowest BCUT2D eigenvalue weighted by Crippen LogP contribution is -2.10. The lowest BCUT2D eigenvalue weighted by molar-refractivity contribution is 0.383. The summed E-state index contributed by atoms with van der Waals surface area (Å²) in [5.41, 5.74) is 10.0. The SMILES string of the molecule is C=CCc1ccc(OP(Oc2ccc(CC=C)c(CC=C)c2CC=C)Oc2ccc(CC=C)c(CC=C)c2CC=C)c(CC=C)c1CC=C. The Bertz CT molecular complexity index is 1490. The smallest absolute Gasteiger partial charge is 0.408 e.